The molecule has 20 heavy (non-hydrogen) atoms. The standard InChI is InChI=1S/C15H22N4O/c1-3-10(4-2)13-17-14-12(15(20)18-13)9-16-19(14)11-7-5-6-8-11/h9-11H,3-8H2,1-2H3,(H,17,18,20). The molecule has 0 saturated heterocycles. The lowest BCUT2D eigenvalue weighted by molar-refractivity contribution is 0.477. The molecule has 2 aromatic rings. The smallest absolute Gasteiger partial charge is 0.262 e. The molecule has 1 fully saturated rings. The summed E-state index contributed by atoms with van der Waals surface area (Å²) >= 11 is 0. The number of nitrogens with zero attached hydrogens (tertiary/aromatic N) is 3. The number of hydrogen-bond donors (Lipinski definition) is 1. The Morgan fingerprint density at radius 3 is 2.70 bits per heavy atom. The van der Waals surface area contributed by atoms with Gasteiger partial charge in [-0.05, 0) is 25.7 Å². The Labute approximate surface area is 118 Å². The first-order valence-electron chi connectivity index (χ1n) is 7.72. The monoisotopic (exact) mass is 274 g/mol. The van der Waals surface area contributed by atoms with E-state index < -0.39 is 0 Å². The Morgan fingerprint density at radius 2 is 2.05 bits per heavy atom. The van der Waals surface area contributed by atoms with Gasteiger partial charge < -0.3 is 4.98 Å². The van der Waals surface area contributed by atoms with E-state index in [9.17, 15) is 4.79 Å². The van der Waals surface area contributed by atoms with Gasteiger partial charge in [0.05, 0.1) is 12.2 Å². The minimum absolute atomic E-state index is 0.0545. The average Bonchev–Trinajstić information content (AvgIpc) is 3.08. The fraction of sp³-hybridized carbons (Fsp3) is 0.667. The van der Waals surface area contributed by atoms with Crippen LogP contribution in [0.5, 0.6) is 0 Å². The molecular formula is C15H22N4O. The number of aromatic nitrogens is 4. The molecule has 0 aromatic carbocycles. The first-order chi connectivity index (χ1) is 9.74. The molecule has 2 heterocycles. The molecule has 0 radical (unpaired) electrons. The first-order valence-corrected chi connectivity index (χ1v) is 7.72. The molecule has 0 amide bonds. The molecule has 5 heteroatoms. The van der Waals surface area contributed by atoms with Gasteiger partial charge in [0.15, 0.2) is 5.65 Å². The van der Waals surface area contributed by atoms with E-state index in [-0.39, 0.29) is 5.56 Å². The van der Waals surface area contributed by atoms with E-state index in [1.165, 1.54) is 12.8 Å². The molecular weight excluding hydrogens is 252 g/mol. The largest absolute Gasteiger partial charge is 0.310 e. The number of fused-ring (bicyclic) bond motifs is 1. The normalized spacial score (nSPS) is 16.6. The van der Waals surface area contributed by atoms with Gasteiger partial charge in [0.25, 0.3) is 5.56 Å². The van der Waals surface area contributed by atoms with Crippen molar-refractivity contribution in [1.29, 1.82) is 0 Å². The van der Waals surface area contributed by atoms with Crippen LogP contribution >= 0.6 is 0 Å². The third kappa shape index (κ3) is 2.15. The zero-order chi connectivity index (χ0) is 14.1. The van der Waals surface area contributed by atoms with E-state index in [4.69, 9.17) is 4.98 Å². The van der Waals surface area contributed by atoms with Crippen LogP contribution in [0.4, 0.5) is 0 Å². The minimum atomic E-state index is -0.0545. The van der Waals surface area contributed by atoms with E-state index in [1.807, 2.05) is 4.68 Å². The molecule has 0 aliphatic heterocycles. The summed E-state index contributed by atoms with van der Waals surface area (Å²) in [7, 11) is 0. The number of hydrogen-bond acceptors (Lipinski definition) is 3. The van der Waals surface area contributed by atoms with Crippen molar-refractivity contribution in [3.8, 4) is 0 Å². The predicted octanol–water partition coefficient (Wildman–Crippen LogP) is 3.14. The molecule has 108 valence electrons. The quantitative estimate of drug-likeness (QED) is 0.931. The zero-order valence-electron chi connectivity index (χ0n) is 12.2. The summed E-state index contributed by atoms with van der Waals surface area (Å²) in [4.78, 5) is 19.9. The molecule has 1 saturated carbocycles. The van der Waals surface area contributed by atoms with Crippen LogP contribution in [0.3, 0.4) is 0 Å². The van der Waals surface area contributed by atoms with Crippen LogP contribution in [0.15, 0.2) is 11.0 Å². The predicted molar refractivity (Wildman–Crippen MR) is 79.0 cm³/mol. The molecule has 0 bridgehead atoms. The van der Waals surface area contributed by atoms with Gasteiger partial charge in [0, 0.05) is 5.92 Å². The second-order valence-corrected chi connectivity index (χ2v) is 5.73. The minimum Gasteiger partial charge on any atom is -0.310 e. The summed E-state index contributed by atoms with van der Waals surface area (Å²) in [5.41, 5.74) is 0.712. The van der Waals surface area contributed by atoms with E-state index in [0.29, 0.717) is 17.3 Å². The summed E-state index contributed by atoms with van der Waals surface area (Å²) in [5, 5.41) is 5.04. The van der Waals surface area contributed by atoms with E-state index >= 15 is 0 Å². The van der Waals surface area contributed by atoms with E-state index in [0.717, 1.165) is 37.2 Å². The van der Waals surface area contributed by atoms with Gasteiger partial charge in [-0.2, -0.15) is 5.10 Å². The Hall–Kier alpha value is -1.65. The highest BCUT2D eigenvalue weighted by atomic mass is 16.1. The van der Waals surface area contributed by atoms with Crippen molar-refractivity contribution < 1.29 is 0 Å². The average molecular weight is 274 g/mol. The molecule has 3 rings (SSSR count). The van der Waals surface area contributed by atoms with E-state index in [1.54, 1.807) is 6.20 Å². The Bertz CT molecular complexity index is 647. The Kier molecular flexibility index (Phi) is 3.59. The maximum absolute atomic E-state index is 12.2. The first kappa shape index (κ1) is 13.3. The highest BCUT2D eigenvalue weighted by Crippen LogP contribution is 2.30. The van der Waals surface area contributed by atoms with Crippen molar-refractivity contribution in [3.63, 3.8) is 0 Å². The molecule has 2 aromatic heterocycles. The topological polar surface area (TPSA) is 63.6 Å². The van der Waals surface area contributed by atoms with E-state index in [2.05, 4.69) is 23.9 Å². The molecule has 0 spiro atoms. The van der Waals surface area contributed by atoms with Crippen molar-refractivity contribution in [2.24, 2.45) is 0 Å². The molecule has 1 N–H and O–H groups in total. The summed E-state index contributed by atoms with van der Waals surface area (Å²) in [6, 6.07) is 0.413. The van der Waals surface area contributed by atoms with Crippen LogP contribution in [-0.2, 0) is 0 Å². The van der Waals surface area contributed by atoms with Crippen molar-refractivity contribution in [2.45, 2.75) is 64.3 Å². The molecule has 0 atom stereocenters. The third-order valence-electron chi connectivity index (χ3n) is 4.52. The van der Waals surface area contributed by atoms with Gasteiger partial charge in [0.2, 0.25) is 0 Å². The van der Waals surface area contributed by atoms with Gasteiger partial charge in [0.1, 0.15) is 11.2 Å². The lowest BCUT2D eigenvalue weighted by Crippen LogP contribution is -2.16. The summed E-state index contributed by atoms with van der Waals surface area (Å²) in [6.07, 6.45) is 8.42. The van der Waals surface area contributed by atoms with Crippen molar-refractivity contribution >= 4 is 11.0 Å². The van der Waals surface area contributed by atoms with Crippen LogP contribution < -0.4 is 5.56 Å². The maximum atomic E-state index is 12.2. The summed E-state index contributed by atoms with van der Waals surface area (Å²) in [6.45, 7) is 4.26. The third-order valence-corrected chi connectivity index (χ3v) is 4.52. The molecule has 1 aliphatic rings. The van der Waals surface area contributed by atoms with Crippen LogP contribution in [0.25, 0.3) is 11.0 Å². The summed E-state index contributed by atoms with van der Waals surface area (Å²) in [5.74, 6) is 1.13. The zero-order valence-corrected chi connectivity index (χ0v) is 12.2. The van der Waals surface area contributed by atoms with Crippen molar-refractivity contribution in [1.82, 2.24) is 19.7 Å². The van der Waals surface area contributed by atoms with Gasteiger partial charge >= 0.3 is 0 Å². The molecule has 5 nitrogen and oxygen atoms in total. The molecule has 0 unspecified atom stereocenters. The fourth-order valence-corrected chi connectivity index (χ4v) is 3.24. The number of aromatic amines is 1. The highest BCUT2D eigenvalue weighted by molar-refractivity contribution is 5.73. The lowest BCUT2D eigenvalue weighted by atomic mass is 10.0. The molecule has 1 aliphatic carbocycles. The SMILES string of the molecule is CCC(CC)c1nc2c(cnn2C2CCCC2)c(=O)[nH]1. The maximum Gasteiger partial charge on any atom is 0.262 e. The lowest BCUT2D eigenvalue weighted by Gasteiger charge is -2.13. The number of H-pyrrole nitrogens is 1. The van der Waals surface area contributed by atoms with Crippen LogP contribution in [0, 0.1) is 0 Å². The van der Waals surface area contributed by atoms with Gasteiger partial charge in [-0.3, -0.25) is 4.79 Å². The Morgan fingerprint density at radius 1 is 1.35 bits per heavy atom. The fourth-order valence-electron chi connectivity index (χ4n) is 3.24. The van der Waals surface area contributed by atoms with Crippen LogP contribution in [-0.4, -0.2) is 19.7 Å². The van der Waals surface area contributed by atoms with Crippen LogP contribution in [0.1, 0.15) is 70.2 Å². The van der Waals surface area contributed by atoms with Crippen molar-refractivity contribution in [2.75, 3.05) is 0 Å². The van der Waals surface area contributed by atoms with Gasteiger partial charge in [-0.25, -0.2) is 9.67 Å². The van der Waals surface area contributed by atoms with Crippen molar-refractivity contribution in [3.05, 3.63) is 22.4 Å². The Balaban J connectivity index is 2.12. The number of rotatable bonds is 4. The highest BCUT2D eigenvalue weighted by Gasteiger charge is 2.22. The second kappa shape index (κ2) is 5.38. The van der Waals surface area contributed by atoms with Crippen LogP contribution in [0.2, 0.25) is 0 Å². The number of nitrogens with one attached hydrogen (secondary N) is 1. The second-order valence-electron chi connectivity index (χ2n) is 5.73. The summed E-state index contributed by atoms with van der Waals surface area (Å²) < 4.78 is 1.98. The van der Waals surface area contributed by atoms with Gasteiger partial charge in [-0.1, -0.05) is 26.7 Å². The van der Waals surface area contributed by atoms with Gasteiger partial charge in [-0.15, -0.1) is 0 Å².